The van der Waals surface area contributed by atoms with Crippen molar-refractivity contribution in [3.63, 3.8) is 0 Å². The summed E-state index contributed by atoms with van der Waals surface area (Å²) in [5.74, 6) is 3.90. The number of unbranched alkanes of at least 4 members (excludes halogenated alkanes) is 5. The number of benzene rings is 2. The van der Waals surface area contributed by atoms with E-state index in [0.717, 1.165) is 41.5 Å². The molecule has 1 N–H and O–H groups in total. The Morgan fingerprint density at radius 1 is 1.03 bits per heavy atom. The number of hydrogen-bond acceptors (Lipinski definition) is 6. The minimum atomic E-state index is -0.743. The first-order valence-electron chi connectivity index (χ1n) is 13.6. The number of hydrogen-bond donors (Lipinski definition) is 1. The third-order valence-electron chi connectivity index (χ3n) is 6.31. The van der Waals surface area contributed by atoms with Gasteiger partial charge in [0.05, 0.1) is 6.61 Å². The lowest BCUT2D eigenvalue weighted by molar-refractivity contribution is -0.112. The van der Waals surface area contributed by atoms with E-state index in [1.807, 2.05) is 55.5 Å². The summed E-state index contributed by atoms with van der Waals surface area (Å²) < 4.78 is 28.4. The van der Waals surface area contributed by atoms with Crippen LogP contribution in [0.4, 0.5) is 5.69 Å². The maximum Gasteiger partial charge on any atom is 0.265 e. The molecule has 0 saturated carbocycles. The summed E-state index contributed by atoms with van der Waals surface area (Å²) in [6, 6.07) is 15.4. The van der Waals surface area contributed by atoms with Crippen LogP contribution in [-0.4, -0.2) is 40.6 Å². The lowest BCUT2D eigenvalue weighted by Gasteiger charge is -2.18. The summed E-state index contributed by atoms with van der Waals surface area (Å²) in [4.78, 5) is 12.6. The fourth-order valence-corrected chi connectivity index (χ4v) is 6.24. The Kier molecular flexibility index (Phi) is 13.2. The highest BCUT2D eigenvalue weighted by Crippen LogP contribution is 2.33. The fourth-order valence-electron chi connectivity index (χ4n) is 4.16. The standard InChI is InChI=1S/C18H28O3S.C12H13NO2S/c1-3-4-5-6-7-8-11-22(19)15(2)12-16-9-10-17-18(13-16)21-14-20-17;1-9-11(16-8-7-15-9)12(14)13-10-5-3-2-4-6-10/h9-10,13,15H,3-8,11-12,14H2,1-2H3;2-6H,7-8H2,1H3,(H,13,14). The molecule has 2 aromatic carbocycles. The largest absolute Gasteiger partial charge is 0.616 e. The van der Waals surface area contributed by atoms with Gasteiger partial charge in [-0.1, -0.05) is 68.0 Å². The molecule has 0 fully saturated rings. The highest BCUT2D eigenvalue weighted by atomic mass is 32.2. The first-order chi connectivity index (χ1) is 18.5. The second kappa shape index (κ2) is 16.6. The molecule has 2 unspecified atom stereocenters. The van der Waals surface area contributed by atoms with Crippen LogP contribution in [0.1, 0.15) is 64.9 Å². The van der Waals surface area contributed by atoms with Gasteiger partial charge in [-0.3, -0.25) is 4.79 Å². The molecule has 0 spiro atoms. The molecule has 8 heteroatoms. The van der Waals surface area contributed by atoms with Gasteiger partial charge in [0.1, 0.15) is 21.7 Å². The molecule has 6 nitrogen and oxygen atoms in total. The van der Waals surface area contributed by atoms with Crippen LogP contribution in [0.3, 0.4) is 0 Å². The highest BCUT2D eigenvalue weighted by molar-refractivity contribution is 8.04. The number of carbonyl (C=O) groups excluding carboxylic acids is 1. The molecule has 0 aromatic heterocycles. The van der Waals surface area contributed by atoms with Crippen LogP contribution in [0.2, 0.25) is 0 Å². The van der Waals surface area contributed by atoms with E-state index in [2.05, 4.69) is 19.2 Å². The van der Waals surface area contributed by atoms with Crippen molar-refractivity contribution in [3.05, 3.63) is 64.8 Å². The number of para-hydroxylation sites is 1. The van der Waals surface area contributed by atoms with Gasteiger partial charge in [-0.15, -0.1) is 11.8 Å². The molecule has 1 amide bonds. The molecule has 0 aliphatic carbocycles. The zero-order valence-electron chi connectivity index (χ0n) is 22.8. The van der Waals surface area contributed by atoms with E-state index < -0.39 is 11.2 Å². The molecule has 2 heterocycles. The smallest absolute Gasteiger partial charge is 0.265 e. The topological polar surface area (TPSA) is 79.9 Å². The van der Waals surface area contributed by atoms with Crippen molar-refractivity contribution >= 4 is 34.5 Å². The fraction of sp³-hybridized carbons (Fsp3) is 0.500. The minimum Gasteiger partial charge on any atom is -0.616 e. The number of allylic oxidation sites excluding steroid dienone is 1. The third kappa shape index (κ3) is 10.1. The van der Waals surface area contributed by atoms with Gasteiger partial charge in [0.2, 0.25) is 6.79 Å². The molecule has 2 atom stereocenters. The molecule has 38 heavy (non-hydrogen) atoms. The van der Waals surface area contributed by atoms with Crippen LogP contribution in [0.5, 0.6) is 11.5 Å². The minimum absolute atomic E-state index is 0.0894. The second-order valence-electron chi connectivity index (χ2n) is 9.46. The van der Waals surface area contributed by atoms with Gasteiger partial charge < -0.3 is 24.1 Å². The first kappa shape index (κ1) is 30.3. The Morgan fingerprint density at radius 3 is 2.53 bits per heavy atom. The summed E-state index contributed by atoms with van der Waals surface area (Å²) in [5.41, 5.74) is 1.98. The second-order valence-corrected chi connectivity index (χ2v) is 12.5. The molecule has 0 radical (unpaired) electrons. The lowest BCUT2D eigenvalue weighted by Crippen LogP contribution is -2.23. The van der Waals surface area contributed by atoms with Crippen molar-refractivity contribution in [1.82, 2.24) is 0 Å². The predicted octanol–water partition coefficient (Wildman–Crippen LogP) is 7.08. The van der Waals surface area contributed by atoms with Gasteiger partial charge in [-0.05, 0) is 56.5 Å². The van der Waals surface area contributed by atoms with Crippen LogP contribution in [0, 0.1) is 0 Å². The molecule has 0 saturated heterocycles. The van der Waals surface area contributed by atoms with Crippen molar-refractivity contribution in [2.45, 2.75) is 71.0 Å². The average molecular weight is 560 g/mol. The van der Waals surface area contributed by atoms with Crippen molar-refractivity contribution in [3.8, 4) is 11.5 Å². The van der Waals surface area contributed by atoms with E-state index in [9.17, 15) is 9.35 Å². The third-order valence-corrected chi connectivity index (χ3v) is 9.20. The number of anilines is 1. The molecule has 0 bridgehead atoms. The zero-order chi connectivity index (χ0) is 27.2. The molecule has 2 aliphatic rings. The van der Waals surface area contributed by atoms with Gasteiger partial charge in [0.15, 0.2) is 11.5 Å². The van der Waals surface area contributed by atoms with Crippen molar-refractivity contribution in [2.24, 2.45) is 0 Å². The van der Waals surface area contributed by atoms with Gasteiger partial charge in [0.25, 0.3) is 5.91 Å². The van der Waals surface area contributed by atoms with Gasteiger partial charge in [0, 0.05) is 17.9 Å². The normalized spacial score (nSPS) is 15.7. The van der Waals surface area contributed by atoms with Crippen molar-refractivity contribution < 1.29 is 23.6 Å². The average Bonchev–Trinajstić information content (AvgIpc) is 3.40. The van der Waals surface area contributed by atoms with Crippen LogP contribution in [0.25, 0.3) is 0 Å². The maximum absolute atomic E-state index is 12.3. The summed E-state index contributed by atoms with van der Waals surface area (Å²) in [6.45, 7) is 7.12. The Hall–Kier alpha value is -2.29. The number of carbonyl (C=O) groups is 1. The highest BCUT2D eigenvalue weighted by Gasteiger charge is 2.20. The van der Waals surface area contributed by atoms with Gasteiger partial charge >= 0.3 is 0 Å². The summed E-state index contributed by atoms with van der Waals surface area (Å²) in [7, 11) is 0. The van der Waals surface area contributed by atoms with Crippen LogP contribution < -0.4 is 14.8 Å². The quantitative estimate of drug-likeness (QED) is 0.221. The summed E-state index contributed by atoms with van der Waals surface area (Å²) in [5, 5.41) is 3.04. The Bertz CT molecular complexity index is 1030. The molecular formula is C30H41NO5S2. The Balaban J connectivity index is 0.000000221. The van der Waals surface area contributed by atoms with E-state index in [4.69, 9.17) is 14.2 Å². The molecule has 2 aromatic rings. The van der Waals surface area contributed by atoms with Gasteiger partial charge in [-0.25, -0.2) is 0 Å². The maximum atomic E-state index is 12.3. The number of nitrogens with one attached hydrogen (secondary N) is 1. The molecule has 4 rings (SSSR count). The number of amides is 1. The van der Waals surface area contributed by atoms with Gasteiger partial charge in [-0.2, -0.15) is 0 Å². The van der Waals surface area contributed by atoms with E-state index in [-0.39, 0.29) is 11.2 Å². The number of fused-ring (bicyclic) bond motifs is 1. The molecule has 208 valence electrons. The predicted molar refractivity (Wildman–Crippen MR) is 158 cm³/mol. The van der Waals surface area contributed by atoms with Crippen molar-refractivity contribution in [1.29, 1.82) is 0 Å². The SMILES string of the molecule is CC1=C(C(=O)Nc2ccccc2)SCCO1.CCCCCCCC[S+]([O-])C(C)Cc1ccc2c(c1)OCO2. The van der Waals surface area contributed by atoms with E-state index in [1.165, 1.54) is 37.7 Å². The zero-order valence-corrected chi connectivity index (χ0v) is 24.5. The molecule has 2 aliphatic heterocycles. The summed E-state index contributed by atoms with van der Waals surface area (Å²) in [6.07, 6.45) is 8.32. The van der Waals surface area contributed by atoms with Crippen molar-refractivity contribution in [2.75, 3.05) is 30.2 Å². The Labute approximate surface area is 235 Å². The summed E-state index contributed by atoms with van der Waals surface area (Å²) >= 11 is 0.798. The van der Waals surface area contributed by atoms with Crippen LogP contribution >= 0.6 is 11.8 Å². The monoisotopic (exact) mass is 559 g/mol. The molecular weight excluding hydrogens is 518 g/mol. The van der Waals surface area contributed by atoms with Crippen LogP contribution in [-0.2, 0) is 27.1 Å². The lowest BCUT2D eigenvalue weighted by atomic mass is 10.1. The number of rotatable bonds is 12. The van der Waals surface area contributed by atoms with Crippen LogP contribution in [0.15, 0.2) is 59.2 Å². The number of thioether (sulfide) groups is 1. The first-order valence-corrected chi connectivity index (χ1v) is 15.9. The van der Waals surface area contributed by atoms with E-state index in [0.29, 0.717) is 24.1 Å². The number of ether oxygens (including phenoxy) is 3. The Morgan fingerprint density at radius 2 is 1.76 bits per heavy atom. The van der Waals surface area contributed by atoms with E-state index >= 15 is 0 Å². The van der Waals surface area contributed by atoms with E-state index in [1.54, 1.807) is 11.8 Å².